The van der Waals surface area contributed by atoms with Gasteiger partial charge in [-0.05, 0) is 38.6 Å². The Kier molecular flexibility index (Phi) is 6.94. The van der Waals surface area contributed by atoms with Crippen molar-refractivity contribution in [3.8, 4) is 0 Å². The van der Waals surface area contributed by atoms with Crippen molar-refractivity contribution in [2.24, 2.45) is 5.92 Å². The second-order valence-electron chi connectivity index (χ2n) is 5.43. The lowest BCUT2D eigenvalue weighted by Crippen LogP contribution is -2.27. The van der Waals surface area contributed by atoms with E-state index in [0.29, 0.717) is 12.0 Å². The molecule has 0 fully saturated rings. The summed E-state index contributed by atoms with van der Waals surface area (Å²) in [7, 11) is 0. The summed E-state index contributed by atoms with van der Waals surface area (Å²) in [5.41, 5.74) is 0. The number of aromatic nitrogens is 2. The van der Waals surface area contributed by atoms with Crippen LogP contribution in [0.3, 0.4) is 0 Å². The van der Waals surface area contributed by atoms with Crippen molar-refractivity contribution in [1.82, 2.24) is 15.5 Å². The van der Waals surface area contributed by atoms with E-state index < -0.39 is 0 Å². The van der Waals surface area contributed by atoms with E-state index in [1.807, 2.05) is 0 Å². The second kappa shape index (κ2) is 8.25. The largest absolute Gasteiger partial charge is 0.339 e. The lowest BCUT2D eigenvalue weighted by atomic mass is 10.1. The van der Waals surface area contributed by atoms with Crippen molar-refractivity contribution in [3.63, 3.8) is 0 Å². The van der Waals surface area contributed by atoms with Crippen molar-refractivity contribution in [1.29, 1.82) is 0 Å². The van der Waals surface area contributed by atoms with Gasteiger partial charge in [0.15, 0.2) is 5.82 Å². The molecule has 0 aliphatic heterocycles. The van der Waals surface area contributed by atoms with Gasteiger partial charge in [0.1, 0.15) is 0 Å². The van der Waals surface area contributed by atoms with Gasteiger partial charge in [0.25, 0.3) is 0 Å². The first-order chi connectivity index (χ1) is 8.61. The molecule has 18 heavy (non-hydrogen) atoms. The van der Waals surface area contributed by atoms with Crippen LogP contribution in [0.2, 0.25) is 0 Å². The average Bonchev–Trinajstić information content (AvgIpc) is 2.79. The van der Waals surface area contributed by atoms with E-state index in [2.05, 4.69) is 43.2 Å². The molecule has 1 heterocycles. The first-order valence-electron chi connectivity index (χ1n) is 7.16. The normalized spacial score (nSPS) is 13.2. The van der Waals surface area contributed by atoms with E-state index in [0.717, 1.165) is 43.9 Å². The number of rotatable bonds is 9. The monoisotopic (exact) mass is 253 g/mol. The van der Waals surface area contributed by atoms with Gasteiger partial charge in [-0.25, -0.2) is 0 Å². The third kappa shape index (κ3) is 6.15. The van der Waals surface area contributed by atoms with Crippen molar-refractivity contribution < 1.29 is 4.52 Å². The van der Waals surface area contributed by atoms with Crippen molar-refractivity contribution >= 4 is 0 Å². The second-order valence-corrected chi connectivity index (χ2v) is 5.43. The molecule has 0 saturated heterocycles. The van der Waals surface area contributed by atoms with Crippen LogP contribution in [-0.2, 0) is 12.8 Å². The van der Waals surface area contributed by atoms with Gasteiger partial charge in [-0.1, -0.05) is 25.9 Å². The molecular formula is C14H27N3O. The van der Waals surface area contributed by atoms with Gasteiger partial charge in [0.05, 0.1) is 0 Å². The third-order valence-corrected chi connectivity index (χ3v) is 2.99. The minimum absolute atomic E-state index is 0.510. The van der Waals surface area contributed by atoms with Gasteiger partial charge in [-0.2, -0.15) is 4.98 Å². The Morgan fingerprint density at radius 3 is 2.61 bits per heavy atom. The molecule has 0 radical (unpaired) electrons. The molecule has 0 aliphatic carbocycles. The fraction of sp³-hybridized carbons (Fsp3) is 0.857. The summed E-state index contributed by atoms with van der Waals surface area (Å²) in [6.07, 6.45) is 5.13. The smallest absolute Gasteiger partial charge is 0.226 e. The third-order valence-electron chi connectivity index (χ3n) is 2.99. The molecule has 0 saturated carbocycles. The first-order valence-corrected chi connectivity index (χ1v) is 7.16. The van der Waals surface area contributed by atoms with Crippen LogP contribution in [0.5, 0.6) is 0 Å². The number of nitrogens with zero attached hydrogens (tertiary/aromatic N) is 2. The quantitative estimate of drug-likeness (QED) is 0.735. The van der Waals surface area contributed by atoms with Crippen LogP contribution in [0.15, 0.2) is 4.52 Å². The van der Waals surface area contributed by atoms with Crippen LogP contribution in [0.25, 0.3) is 0 Å². The van der Waals surface area contributed by atoms with Gasteiger partial charge < -0.3 is 9.84 Å². The Morgan fingerprint density at radius 2 is 1.94 bits per heavy atom. The van der Waals surface area contributed by atoms with Crippen LogP contribution in [0.4, 0.5) is 0 Å². The fourth-order valence-corrected chi connectivity index (χ4v) is 1.74. The topological polar surface area (TPSA) is 51.0 Å². The minimum atomic E-state index is 0.510. The van der Waals surface area contributed by atoms with Crippen LogP contribution < -0.4 is 5.32 Å². The summed E-state index contributed by atoms with van der Waals surface area (Å²) >= 11 is 0. The highest BCUT2D eigenvalue weighted by molar-refractivity contribution is 4.87. The molecular weight excluding hydrogens is 226 g/mol. The van der Waals surface area contributed by atoms with Crippen molar-refractivity contribution in [2.45, 2.75) is 65.8 Å². The molecule has 1 aromatic heterocycles. The standard InChI is InChI=1S/C14H27N3O/c1-5-10-15-12(4)7-9-14-16-13(17-18-14)8-6-11(2)3/h11-12,15H,5-10H2,1-4H3. The summed E-state index contributed by atoms with van der Waals surface area (Å²) in [5.74, 6) is 2.32. The molecule has 0 aromatic carbocycles. The van der Waals surface area contributed by atoms with E-state index in [9.17, 15) is 0 Å². The molecule has 1 aromatic rings. The lowest BCUT2D eigenvalue weighted by molar-refractivity contribution is 0.361. The Morgan fingerprint density at radius 1 is 1.17 bits per heavy atom. The zero-order valence-corrected chi connectivity index (χ0v) is 12.2. The van der Waals surface area contributed by atoms with Crippen LogP contribution in [0, 0.1) is 5.92 Å². The summed E-state index contributed by atoms with van der Waals surface area (Å²) < 4.78 is 5.26. The van der Waals surface area contributed by atoms with Gasteiger partial charge in [0, 0.05) is 18.9 Å². The zero-order chi connectivity index (χ0) is 13.4. The van der Waals surface area contributed by atoms with Crippen LogP contribution >= 0.6 is 0 Å². The van der Waals surface area contributed by atoms with E-state index in [-0.39, 0.29) is 0 Å². The number of hydrogen-bond donors (Lipinski definition) is 1. The molecule has 0 spiro atoms. The SMILES string of the molecule is CCCNC(C)CCc1nc(CCC(C)C)no1. The first kappa shape index (κ1) is 15.2. The van der Waals surface area contributed by atoms with E-state index in [1.165, 1.54) is 6.42 Å². The minimum Gasteiger partial charge on any atom is -0.339 e. The molecule has 0 aliphatic rings. The highest BCUT2D eigenvalue weighted by Gasteiger charge is 2.09. The molecule has 1 N–H and O–H groups in total. The highest BCUT2D eigenvalue weighted by atomic mass is 16.5. The molecule has 1 atom stereocenters. The zero-order valence-electron chi connectivity index (χ0n) is 12.2. The summed E-state index contributed by atoms with van der Waals surface area (Å²) in [5, 5.41) is 7.48. The molecule has 104 valence electrons. The molecule has 0 bridgehead atoms. The molecule has 4 heteroatoms. The van der Waals surface area contributed by atoms with Gasteiger partial charge in [0.2, 0.25) is 5.89 Å². The highest BCUT2D eigenvalue weighted by Crippen LogP contribution is 2.08. The van der Waals surface area contributed by atoms with Gasteiger partial charge in [-0.3, -0.25) is 0 Å². The Hall–Kier alpha value is -0.900. The van der Waals surface area contributed by atoms with Gasteiger partial charge in [-0.15, -0.1) is 0 Å². The maximum Gasteiger partial charge on any atom is 0.226 e. The summed E-state index contributed by atoms with van der Waals surface area (Å²) in [6.45, 7) is 9.87. The average molecular weight is 253 g/mol. The molecule has 0 amide bonds. The van der Waals surface area contributed by atoms with E-state index >= 15 is 0 Å². The molecule has 1 unspecified atom stereocenters. The predicted octanol–water partition coefficient (Wildman–Crippen LogP) is 2.98. The Balaban J connectivity index is 2.26. The van der Waals surface area contributed by atoms with E-state index in [4.69, 9.17) is 4.52 Å². The van der Waals surface area contributed by atoms with Crippen molar-refractivity contribution in [2.75, 3.05) is 6.54 Å². The molecule has 1 rings (SSSR count). The maximum atomic E-state index is 5.26. The number of nitrogens with one attached hydrogen (secondary N) is 1. The Bertz CT molecular complexity index is 323. The molecule has 4 nitrogen and oxygen atoms in total. The maximum absolute atomic E-state index is 5.26. The van der Waals surface area contributed by atoms with E-state index in [1.54, 1.807) is 0 Å². The van der Waals surface area contributed by atoms with Gasteiger partial charge >= 0.3 is 0 Å². The predicted molar refractivity (Wildman–Crippen MR) is 73.5 cm³/mol. The van der Waals surface area contributed by atoms with Crippen LogP contribution in [-0.4, -0.2) is 22.7 Å². The summed E-state index contributed by atoms with van der Waals surface area (Å²) in [4.78, 5) is 4.43. The number of aryl methyl sites for hydroxylation is 2. The number of hydrogen-bond acceptors (Lipinski definition) is 4. The van der Waals surface area contributed by atoms with Crippen molar-refractivity contribution in [3.05, 3.63) is 11.7 Å². The summed E-state index contributed by atoms with van der Waals surface area (Å²) in [6, 6.07) is 0.510. The Labute approximate surface area is 111 Å². The fourth-order valence-electron chi connectivity index (χ4n) is 1.74. The van der Waals surface area contributed by atoms with Crippen LogP contribution in [0.1, 0.15) is 58.7 Å². The lowest BCUT2D eigenvalue weighted by Gasteiger charge is -2.10.